The van der Waals surface area contributed by atoms with Crippen molar-refractivity contribution >= 4 is 16.8 Å². The average molecular weight is 280 g/mol. The zero-order valence-corrected chi connectivity index (χ0v) is 11.6. The molecule has 8 nitrogen and oxygen atoms in total. The van der Waals surface area contributed by atoms with Crippen LogP contribution < -0.4 is 10.9 Å². The van der Waals surface area contributed by atoms with Crippen LogP contribution in [0.15, 0.2) is 9.32 Å². The first-order valence-electron chi connectivity index (χ1n) is 6.14. The van der Waals surface area contributed by atoms with Crippen LogP contribution >= 0.6 is 0 Å². The van der Waals surface area contributed by atoms with Crippen molar-refractivity contribution < 1.29 is 14.1 Å². The summed E-state index contributed by atoms with van der Waals surface area (Å²) in [5.74, 6) is 0.231. The Labute approximate surface area is 114 Å². The molecule has 0 radical (unpaired) electrons. The van der Waals surface area contributed by atoms with Crippen LogP contribution in [0, 0.1) is 13.8 Å². The van der Waals surface area contributed by atoms with Gasteiger partial charge in [-0.3, -0.25) is 9.59 Å². The number of hydrogen-bond acceptors (Lipinski definition) is 6. The van der Waals surface area contributed by atoms with Crippen LogP contribution in [-0.4, -0.2) is 41.1 Å². The maximum atomic E-state index is 12.1. The van der Waals surface area contributed by atoms with Crippen molar-refractivity contribution in [2.75, 3.05) is 20.3 Å². The van der Waals surface area contributed by atoms with Crippen LogP contribution in [-0.2, 0) is 16.1 Å². The van der Waals surface area contributed by atoms with Crippen LogP contribution in [0.4, 0.5) is 0 Å². The second kappa shape index (κ2) is 5.83. The lowest BCUT2D eigenvalue weighted by molar-refractivity contribution is -0.122. The number of aromatic nitrogens is 3. The maximum absolute atomic E-state index is 12.1. The fourth-order valence-electron chi connectivity index (χ4n) is 1.93. The van der Waals surface area contributed by atoms with Gasteiger partial charge in [-0.15, -0.1) is 0 Å². The maximum Gasteiger partial charge on any atom is 0.297 e. The molecule has 0 saturated heterocycles. The Bertz CT molecular complexity index is 689. The van der Waals surface area contributed by atoms with E-state index in [9.17, 15) is 9.59 Å². The van der Waals surface area contributed by atoms with E-state index in [1.165, 1.54) is 0 Å². The standard InChI is InChI=1S/C12H16N4O4/c1-7-10-8(2)20-15-11(10)12(18)16(14-7)6-9(17)13-4-5-19-3/h4-6H2,1-3H3,(H,13,17). The second-order valence-corrected chi connectivity index (χ2v) is 4.35. The highest BCUT2D eigenvalue weighted by molar-refractivity contribution is 5.82. The molecule has 1 N–H and O–H groups in total. The molecule has 1 amide bonds. The summed E-state index contributed by atoms with van der Waals surface area (Å²) in [5.41, 5.74) is 0.354. The lowest BCUT2D eigenvalue weighted by Crippen LogP contribution is -2.35. The van der Waals surface area contributed by atoms with E-state index >= 15 is 0 Å². The van der Waals surface area contributed by atoms with Gasteiger partial charge in [0.15, 0.2) is 5.52 Å². The molecule has 0 aliphatic heterocycles. The van der Waals surface area contributed by atoms with Crippen molar-refractivity contribution in [2.24, 2.45) is 0 Å². The van der Waals surface area contributed by atoms with Gasteiger partial charge in [0.2, 0.25) is 5.91 Å². The van der Waals surface area contributed by atoms with E-state index in [1.54, 1.807) is 21.0 Å². The van der Waals surface area contributed by atoms with Crippen LogP contribution in [0.5, 0.6) is 0 Å². The van der Waals surface area contributed by atoms with Crippen LogP contribution in [0.3, 0.4) is 0 Å². The predicted molar refractivity (Wildman–Crippen MR) is 70.4 cm³/mol. The van der Waals surface area contributed by atoms with Gasteiger partial charge in [-0.25, -0.2) is 4.68 Å². The predicted octanol–water partition coefficient (Wildman–Crippen LogP) is -0.236. The van der Waals surface area contributed by atoms with Gasteiger partial charge in [0, 0.05) is 13.7 Å². The smallest absolute Gasteiger partial charge is 0.297 e. The largest absolute Gasteiger partial charge is 0.383 e. The average Bonchev–Trinajstić information content (AvgIpc) is 2.79. The Morgan fingerprint density at radius 3 is 2.90 bits per heavy atom. The molecule has 8 heteroatoms. The molecule has 0 aliphatic carbocycles. The van der Waals surface area contributed by atoms with E-state index in [2.05, 4.69) is 15.6 Å². The highest BCUT2D eigenvalue weighted by atomic mass is 16.5. The fraction of sp³-hybridized carbons (Fsp3) is 0.500. The summed E-state index contributed by atoms with van der Waals surface area (Å²) in [6.07, 6.45) is 0. The van der Waals surface area contributed by atoms with Gasteiger partial charge < -0.3 is 14.6 Å². The van der Waals surface area contributed by atoms with Crippen molar-refractivity contribution in [3.05, 3.63) is 21.8 Å². The topological polar surface area (TPSA) is 99.2 Å². The SMILES string of the molecule is COCCNC(=O)Cn1nc(C)c2c(C)onc2c1=O. The van der Waals surface area contributed by atoms with Crippen LogP contribution in [0.25, 0.3) is 10.9 Å². The number of rotatable bonds is 5. The molecule has 2 rings (SSSR count). The third kappa shape index (κ3) is 2.69. The molecule has 2 aromatic rings. The van der Waals surface area contributed by atoms with Crippen molar-refractivity contribution in [3.63, 3.8) is 0 Å². The molecular formula is C12H16N4O4. The van der Waals surface area contributed by atoms with Gasteiger partial charge in [-0.2, -0.15) is 5.10 Å². The van der Waals surface area contributed by atoms with Gasteiger partial charge in [0.25, 0.3) is 5.56 Å². The number of aryl methyl sites for hydroxylation is 2. The first-order chi connectivity index (χ1) is 9.54. The molecule has 2 aromatic heterocycles. The lowest BCUT2D eigenvalue weighted by atomic mass is 10.2. The number of ether oxygens (including phenoxy) is 1. The van der Waals surface area contributed by atoms with Crippen molar-refractivity contribution in [2.45, 2.75) is 20.4 Å². The van der Waals surface area contributed by atoms with Crippen LogP contribution in [0.2, 0.25) is 0 Å². The molecule has 0 saturated carbocycles. The summed E-state index contributed by atoms with van der Waals surface area (Å²) in [4.78, 5) is 23.8. The minimum Gasteiger partial charge on any atom is -0.383 e. The van der Waals surface area contributed by atoms with Gasteiger partial charge in [-0.05, 0) is 13.8 Å². The molecule has 0 spiro atoms. The van der Waals surface area contributed by atoms with Crippen molar-refractivity contribution in [1.82, 2.24) is 20.3 Å². The van der Waals surface area contributed by atoms with E-state index in [1.807, 2.05) is 0 Å². The molecule has 0 aliphatic rings. The molecule has 0 aromatic carbocycles. The summed E-state index contributed by atoms with van der Waals surface area (Å²) < 4.78 is 10.9. The first kappa shape index (κ1) is 14.2. The molecule has 108 valence electrons. The number of amides is 1. The third-order valence-corrected chi connectivity index (χ3v) is 2.85. The quantitative estimate of drug-likeness (QED) is 0.759. The number of methoxy groups -OCH3 is 1. The van der Waals surface area contributed by atoms with E-state index in [0.29, 0.717) is 30.0 Å². The van der Waals surface area contributed by atoms with Gasteiger partial charge in [-0.1, -0.05) is 5.16 Å². The minimum absolute atomic E-state index is 0.161. The summed E-state index contributed by atoms with van der Waals surface area (Å²) in [7, 11) is 1.54. The Balaban J connectivity index is 2.25. The Hall–Kier alpha value is -2.22. The number of hydrogen-bond donors (Lipinski definition) is 1. The van der Waals surface area contributed by atoms with E-state index in [4.69, 9.17) is 9.26 Å². The van der Waals surface area contributed by atoms with Crippen molar-refractivity contribution in [1.29, 1.82) is 0 Å². The highest BCUT2D eigenvalue weighted by Crippen LogP contribution is 2.16. The first-order valence-corrected chi connectivity index (χ1v) is 6.14. The zero-order valence-electron chi connectivity index (χ0n) is 11.6. The number of fused-ring (bicyclic) bond motifs is 1. The Morgan fingerprint density at radius 2 is 2.20 bits per heavy atom. The third-order valence-electron chi connectivity index (χ3n) is 2.85. The normalized spacial score (nSPS) is 10.9. The molecule has 0 atom stereocenters. The van der Waals surface area contributed by atoms with Crippen molar-refractivity contribution in [3.8, 4) is 0 Å². The number of nitrogens with zero attached hydrogens (tertiary/aromatic N) is 3. The highest BCUT2D eigenvalue weighted by Gasteiger charge is 2.16. The molecule has 0 bridgehead atoms. The van der Waals surface area contributed by atoms with Crippen LogP contribution in [0.1, 0.15) is 11.5 Å². The fourth-order valence-corrected chi connectivity index (χ4v) is 1.93. The van der Waals surface area contributed by atoms with Gasteiger partial charge in [0.05, 0.1) is 17.7 Å². The summed E-state index contributed by atoms with van der Waals surface area (Å²) in [6, 6.07) is 0. The molecule has 0 unspecified atom stereocenters. The molecule has 0 fully saturated rings. The van der Waals surface area contributed by atoms with E-state index in [0.717, 1.165) is 4.68 Å². The zero-order chi connectivity index (χ0) is 14.7. The monoisotopic (exact) mass is 280 g/mol. The van der Waals surface area contributed by atoms with Gasteiger partial charge >= 0.3 is 0 Å². The number of carbonyl (C=O) groups is 1. The lowest BCUT2D eigenvalue weighted by Gasteiger charge is -2.07. The Morgan fingerprint density at radius 1 is 1.45 bits per heavy atom. The second-order valence-electron chi connectivity index (χ2n) is 4.35. The summed E-state index contributed by atoms with van der Waals surface area (Å²) >= 11 is 0. The molecule has 20 heavy (non-hydrogen) atoms. The summed E-state index contributed by atoms with van der Waals surface area (Å²) in [6.45, 7) is 4.09. The number of carbonyl (C=O) groups excluding carboxylic acids is 1. The number of nitrogens with one attached hydrogen (secondary N) is 1. The van der Waals surface area contributed by atoms with E-state index < -0.39 is 5.56 Å². The summed E-state index contributed by atoms with van der Waals surface area (Å²) in [5, 5.41) is 11.1. The van der Waals surface area contributed by atoms with E-state index in [-0.39, 0.29) is 18.0 Å². The molecular weight excluding hydrogens is 264 g/mol. The Kier molecular flexibility index (Phi) is 4.14. The minimum atomic E-state index is -0.440. The molecule has 2 heterocycles. The van der Waals surface area contributed by atoms with Gasteiger partial charge in [0.1, 0.15) is 12.3 Å².